The molecule has 0 radical (unpaired) electrons. The zero-order chi connectivity index (χ0) is 51.5. The number of pyridine rings is 2. The van der Waals surface area contributed by atoms with Crippen LogP contribution < -0.4 is 18.9 Å². The minimum atomic E-state index is -6.00. The molecule has 378 valence electrons. The van der Waals surface area contributed by atoms with Gasteiger partial charge in [0.25, 0.3) is 0 Å². The standard InChI is InChI=1S/C34H34N4.C10H14.C9H18O3.2BF4/c1-2-35-24-18-28(19-25-35)29-20-26-36(27-21-29)22-10-11-23-37-31-14-6-8-16-33(31)38(30-12-4-3-5-13-30)34-17-9-7-15-32(34)37;1-3-9(2)10-7-5-4-6-8-10;1-4-8(3)9(10)12-7-6-11-5-2;2*2-1(3,4)5/h3-9,12-21,24-27H,2,10-11,22-23H2,1H3;4-9H,3H2,1-2H3;8H,4-7H2,1-3H3;;/q+2;;;2*-1. The molecule has 1 aliphatic heterocycles. The van der Waals surface area contributed by atoms with Gasteiger partial charge in [-0.3, -0.25) is 4.79 Å². The third kappa shape index (κ3) is 21.6. The predicted molar refractivity (Wildman–Crippen MR) is 268 cm³/mol. The molecule has 2 atom stereocenters. The monoisotopic (exact) mass is 981 g/mol. The highest BCUT2D eigenvalue weighted by Crippen LogP contribution is 2.51. The van der Waals surface area contributed by atoms with Crippen molar-refractivity contribution in [1.29, 1.82) is 0 Å². The van der Waals surface area contributed by atoms with Gasteiger partial charge in [0.15, 0.2) is 24.8 Å². The number of hydrogen-bond donors (Lipinski definition) is 0. The lowest BCUT2D eigenvalue weighted by Crippen LogP contribution is -2.33. The Balaban J connectivity index is 0.000000328. The Bertz CT molecular complexity index is 2290. The molecule has 6 aromatic rings. The third-order valence-corrected chi connectivity index (χ3v) is 11.0. The molecule has 0 saturated heterocycles. The van der Waals surface area contributed by atoms with Gasteiger partial charge in [-0.2, -0.15) is 0 Å². The number of nitrogens with zero attached hydrogens (tertiary/aromatic N) is 4. The predicted octanol–water partition coefficient (Wildman–Crippen LogP) is 14.8. The summed E-state index contributed by atoms with van der Waals surface area (Å²) in [5, 5.41) is 0. The molecular weight excluding hydrogens is 914 g/mol. The van der Waals surface area contributed by atoms with E-state index in [1.165, 1.54) is 51.5 Å². The number of halogens is 8. The van der Waals surface area contributed by atoms with Crippen LogP contribution in [0.5, 0.6) is 0 Å². The van der Waals surface area contributed by atoms with Crippen molar-refractivity contribution in [2.45, 2.75) is 86.2 Å². The molecule has 0 fully saturated rings. The molecule has 0 aliphatic carbocycles. The van der Waals surface area contributed by atoms with E-state index in [4.69, 9.17) is 9.47 Å². The zero-order valence-corrected chi connectivity index (χ0v) is 40.9. The Morgan fingerprint density at radius 1 is 0.557 bits per heavy atom. The summed E-state index contributed by atoms with van der Waals surface area (Å²) in [6.45, 7) is 16.9. The molecule has 2 aromatic heterocycles. The van der Waals surface area contributed by atoms with Gasteiger partial charge >= 0.3 is 20.5 Å². The second-order valence-corrected chi connectivity index (χ2v) is 16.1. The number of benzene rings is 4. The number of carbonyl (C=O) groups is 1. The van der Waals surface area contributed by atoms with E-state index in [1.807, 2.05) is 20.8 Å². The minimum Gasteiger partial charge on any atom is -0.463 e. The molecule has 70 heavy (non-hydrogen) atoms. The maximum atomic E-state index is 11.1. The van der Waals surface area contributed by atoms with E-state index in [0.29, 0.717) is 25.7 Å². The fourth-order valence-electron chi connectivity index (χ4n) is 7.01. The summed E-state index contributed by atoms with van der Waals surface area (Å²) in [4.78, 5) is 15.9. The van der Waals surface area contributed by atoms with Crippen LogP contribution >= 0.6 is 0 Å². The lowest BCUT2D eigenvalue weighted by molar-refractivity contribution is -0.697. The van der Waals surface area contributed by atoms with Crippen molar-refractivity contribution >= 4 is 48.9 Å². The first-order valence-corrected chi connectivity index (χ1v) is 23.7. The van der Waals surface area contributed by atoms with Gasteiger partial charge < -0.3 is 53.8 Å². The number of rotatable bonds is 16. The van der Waals surface area contributed by atoms with Crippen LogP contribution in [0.2, 0.25) is 0 Å². The van der Waals surface area contributed by atoms with Gasteiger partial charge in [-0.25, -0.2) is 9.13 Å². The molecule has 2 unspecified atom stereocenters. The van der Waals surface area contributed by atoms with E-state index >= 15 is 0 Å². The Kier molecular flexibility index (Phi) is 25.2. The molecular formula is C53H66B2F8N4O3. The maximum Gasteiger partial charge on any atom is 0.673 e. The van der Waals surface area contributed by atoms with Crippen LogP contribution in [0.15, 0.2) is 158 Å². The van der Waals surface area contributed by atoms with Crippen LogP contribution in [0.25, 0.3) is 11.1 Å². The van der Waals surface area contributed by atoms with Crippen molar-refractivity contribution in [2.75, 3.05) is 36.2 Å². The molecule has 0 spiro atoms. The van der Waals surface area contributed by atoms with Crippen LogP contribution in [0.1, 0.15) is 78.7 Å². The van der Waals surface area contributed by atoms with Crippen molar-refractivity contribution < 1.29 is 57.9 Å². The van der Waals surface area contributed by atoms with E-state index in [1.54, 1.807) is 0 Å². The molecule has 0 saturated carbocycles. The largest absolute Gasteiger partial charge is 0.673 e. The number of aryl methyl sites for hydroxylation is 2. The van der Waals surface area contributed by atoms with Gasteiger partial charge in [0.05, 0.1) is 35.3 Å². The highest BCUT2D eigenvalue weighted by Gasteiger charge is 2.28. The summed E-state index contributed by atoms with van der Waals surface area (Å²) < 4.78 is 92.4. The molecule has 4 aromatic carbocycles. The number of ether oxygens (including phenoxy) is 2. The summed E-state index contributed by atoms with van der Waals surface area (Å²) in [5.41, 5.74) is 10.1. The van der Waals surface area contributed by atoms with Gasteiger partial charge in [0.1, 0.15) is 19.7 Å². The van der Waals surface area contributed by atoms with Crippen molar-refractivity contribution in [2.24, 2.45) is 5.92 Å². The van der Waals surface area contributed by atoms with E-state index in [0.717, 1.165) is 38.9 Å². The van der Waals surface area contributed by atoms with Crippen LogP contribution in [-0.2, 0) is 27.4 Å². The molecule has 0 amide bonds. The van der Waals surface area contributed by atoms with Gasteiger partial charge in [-0.05, 0) is 92.1 Å². The average Bonchev–Trinajstić information content (AvgIpc) is 3.35. The quantitative estimate of drug-likeness (QED) is 0.0318. The van der Waals surface area contributed by atoms with Gasteiger partial charge in [0, 0.05) is 49.5 Å². The topological polar surface area (TPSA) is 49.8 Å². The first kappa shape index (κ1) is 58.1. The number of fused-ring (bicyclic) bond motifs is 2. The summed E-state index contributed by atoms with van der Waals surface area (Å²) in [6, 6.07) is 47.7. The van der Waals surface area contributed by atoms with Crippen LogP contribution in [0.3, 0.4) is 0 Å². The second-order valence-electron chi connectivity index (χ2n) is 16.1. The van der Waals surface area contributed by atoms with Crippen molar-refractivity contribution in [1.82, 2.24) is 0 Å². The van der Waals surface area contributed by atoms with E-state index in [-0.39, 0.29) is 11.9 Å². The van der Waals surface area contributed by atoms with E-state index in [9.17, 15) is 39.3 Å². The average molecular weight is 981 g/mol. The number of unbranched alkanes of at least 4 members (excludes halogenated alkanes) is 1. The number of hydrogen-bond acceptors (Lipinski definition) is 5. The number of esters is 1. The first-order valence-electron chi connectivity index (χ1n) is 23.7. The Morgan fingerprint density at radius 2 is 1.00 bits per heavy atom. The van der Waals surface area contributed by atoms with E-state index in [2.05, 4.69) is 198 Å². The smallest absolute Gasteiger partial charge is 0.463 e. The second kappa shape index (κ2) is 30.4. The fourth-order valence-corrected chi connectivity index (χ4v) is 7.01. The first-order chi connectivity index (χ1) is 33.4. The van der Waals surface area contributed by atoms with Crippen molar-refractivity contribution in [3.63, 3.8) is 0 Å². The summed E-state index contributed by atoms with van der Waals surface area (Å²) in [5.74, 6) is 0.588. The zero-order valence-electron chi connectivity index (χ0n) is 40.9. The molecule has 7 rings (SSSR count). The summed E-state index contributed by atoms with van der Waals surface area (Å²) >= 11 is 0. The van der Waals surface area contributed by atoms with Crippen LogP contribution in [0, 0.1) is 5.92 Å². The number of para-hydroxylation sites is 5. The third-order valence-electron chi connectivity index (χ3n) is 11.0. The minimum absolute atomic E-state index is 0.00614. The van der Waals surface area contributed by atoms with Gasteiger partial charge in [-0.15, -0.1) is 0 Å². The molecule has 0 N–H and O–H groups in total. The van der Waals surface area contributed by atoms with Crippen molar-refractivity contribution in [3.8, 4) is 11.1 Å². The van der Waals surface area contributed by atoms with Crippen LogP contribution in [0.4, 0.5) is 63.0 Å². The maximum absolute atomic E-state index is 11.1. The Labute approximate surface area is 408 Å². The van der Waals surface area contributed by atoms with Crippen molar-refractivity contribution in [3.05, 3.63) is 164 Å². The highest BCUT2D eigenvalue weighted by molar-refractivity contribution is 6.50. The molecule has 0 bridgehead atoms. The molecule has 3 heterocycles. The normalized spacial score (nSPS) is 12.4. The lowest BCUT2D eigenvalue weighted by atomic mass is 9.99. The summed E-state index contributed by atoms with van der Waals surface area (Å²) in [7, 11) is -12.0. The lowest BCUT2D eigenvalue weighted by Gasteiger charge is -2.40. The fraction of sp³-hybridized carbons (Fsp3) is 0.340. The van der Waals surface area contributed by atoms with Gasteiger partial charge in [-0.1, -0.05) is 100 Å². The number of carbonyl (C=O) groups excluding carboxylic acids is 1. The highest BCUT2D eigenvalue weighted by atomic mass is 19.5. The molecule has 17 heteroatoms. The van der Waals surface area contributed by atoms with Crippen LogP contribution in [-0.4, -0.2) is 46.8 Å². The van der Waals surface area contributed by atoms with Gasteiger partial charge in [0.2, 0.25) is 0 Å². The Morgan fingerprint density at radius 3 is 1.44 bits per heavy atom. The SMILES string of the molecule is CCC(C)c1ccccc1.CCOCCOC(=O)C(C)CC.CC[n+]1ccc(-c2cc[n+](CCCCN3c4ccccc4N(c4ccccc4)c4ccccc43)cc2)cc1.F[B-](F)(F)F.F[B-](F)(F)F. The molecule has 1 aliphatic rings. The number of anilines is 5. The number of aromatic nitrogens is 2. The molecule has 7 nitrogen and oxygen atoms in total. The Hall–Kier alpha value is -6.22. The van der Waals surface area contributed by atoms with E-state index < -0.39 is 14.5 Å². The summed E-state index contributed by atoms with van der Waals surface area (Å²) in [6.07, 6.45) is 13.0.